The van der Waals surface area contributed by atoms with E-state index in [9.17, 15) is 4.79 Å². The summed E-state index contributed by atoms with van der Waals surface area (Å²) in [4.78, 5) is 12.2. The van der Waals surface area contributed by atoms with Crippen molar-refractivity contribution in [3.63, 3.8) is 0 Å². The Morgan fingerprint density at radius 3 is 1.92 bits per heavy atom. The van der Waals surface area contributed by atoms with Gasteiger partial charge in [-0.05, 0) is 36.6 Å². The first kappa shape index (κ1) is 19.1. The third-order valence-electron chi connectivity index (χ3n) is 4.75. The van der Waals surface area contributed by atoms with E-state index >= 15 is 0 Å². The first-order valence-electron chi connectivity index (χ1n) is 9.48. The molecular formula is C21H30ClNO. The zero-order chi connectivity index (χ0) is 17.0. The molecule has 0 saturated heterocycles. The highest BCUT2D eigenvalue weighted by atomic mass is 35.5. The number of carbonyl (C=O) groups excluding carboxylic acids is 1. The van der Waals surface area contributed by atoms with E-state index in [2.05, 4.69) is 5.32 Å². The lowest BCUT2D eigenvalue weighted by atomic mass is 9.98. The molecule has 1 aliphatic carbocycles. The summed E-state index contributed by atoms with van der Waals surface area (Å²) in [6.45, 7) is 0. The van der Waals surface area contributed by atoms with Gasteiger partial charge in [-0.1, -0.05) is 81.5 Å². The van der Waals surface area contributed by atoms with Gasteiger partial charge in [-0.3, -0.25) is 4.79 Å². The van der Waals surface area contributed by atoms with Crippen LogP contribution in [-0.4, -0.2) is 11.9 Å². The predicted molar refractivity (Wildman–Crippen MR) is 103 cm³/mol. The molecule has 24 heavy (non-hydrogen) atoms. The second-order valence-corrected chi connectivity index (χ2v) is 7.29. The van der Waals surface area contributed by atoms with Crippen LogP contribution in [0, 0.1) is 0 Å². The first-order valence-corrected chi connectivity index (χ1v) is 9.86. The molecule has 1 amide bonds. The summed E-state index contributed by atoms with van der Waals surface area (Å²) in [5.74, 6) is 0.0158. The molecule has 3 heteroatoms. The molecule has 0 aliphatic heterocycles. The molecule has 2 rings (SSSR count). The monoisotopic (exact) mass is 347 g/mol. The van der Waals surface area contributed by atoms with Crippen LogP contribution in [0.1, 0.15) is 76.2 Å². The molecule has 1 N–H and O–H groups in total. The zero-order valence-corrected chi connectivity index (χ0v) is 15.4. The van der Waals surface area contributed by atoms with Crippen LogP contribution in [0.5, 0.6) is 0 Å². The lowest BCUT2D eigenvalue weighted by molar-refractivity contribution is -0.117. The SMILES string of the molecule is O=C(/C=C/c1ccc(Cl)cc1)NC1CCCCCCCCCCC1. The Morgan fingerprint density at radius 2 is 1.38 bits per heavy atom. The maximum Gasteiger partial charge on any atom is 0.244 e. The van der Waals surface area contributed by atoms with Crippen molar-refractivity contribution in [2.24, 2.45) is 0 Å². The van der Waals surface area contributed by atoms with Gasteiger partial charge in [0.1, 0.15) is 0 Å². The van der Waals surface area contributed by atoms with Crippen molar-refractivity contribution in [2.75, 3.05) is 0 Å². The molecule has 0 atom stereocenters. The number of carbonyl (C=O) groups is 1. The van der Waals surface area contributed by atoms with Crippen LogP contribution in [0.25, 0.3) is 6.08 Å². The molecule has 0 heterocycles. The van der Waals surface area contributed by atoms with Crippen LogP contribution < -0.4 is 5.32 Å². The standard InChI is InChI=1S/C21H30ClNO/c22-19-15-12-18(13-16-19)14-17-21(24)23-20-10-8-6-4-2-1-3-5-7-9-11-20/h12-17,20H,1-11H2,(H,23,24)/b17-14+. The average molecular weight is 348 g/mol. The summed E-state index contributed by atoms with van der Waals surface area (Å²) >= 11 is 5.88. The minimum atomic E-state index is 0.0158. The second-order valence-electron chi connectivity index (χ2n) is 6.85. The minimum Gasteiger partial charge on any atom is -0.350 e. The summed E-state index contributed by atoms with van der Waals surface area (Å²) in [5.41, 5.74) is 0.994. The Balaban J connectivity index is 1.81. The zero-order valence-electron chi connectivity index (χ0n) is 14.6. The summed E-state index contributed by atoms with van der Waals surface area (Å²) < 4.78 is 0. The molecule has 0 radical (unpaired) electrons. The van der Waals surface area contributed by atoms with E-state index in [0.717, 1.165) is 18.4 Å². The number of rotatable bonds is 3. The van der Waals surface area contributed by atoms with E-state index in [1.165, 1.54) is 57.8 Å². The highest BCUT2D eigenvalue weighted by molar-refractivity contribution is 6.30. The minimum absolute atomic E-state index is 0.0158. The summed E-state index contributed by atoms with van der Waals surface area (Å²) in [5, 5.41) is 3.91. The van der Waals surface area contributed by atoms with Crippen molar-refractivity contribution in [2.45, 2.75) is 76.7 Å². The quantitative estimate of drug-likeness (QED) is 0.653. The second kappa shape index (κ2) is 11.3. The van der Waals surface area contributed by atoms with Crippen LogP contribution in [0.4, 0.5) is 0 Å². The van der Waals surface area contributed by atoms with E-state index in [-0.39, 0.29) is 5.91 Å². The smallest absolute Gasteiger partial charge is 0.244 e. The van der Waals surface area contributed by atoms with Gasteiger partial charge in [0.25, 0.3) is 0 Å². The van der Waals surface area contributed by atoms with E-state index in [1.54, 1.807) is 6.08 Å². The Kier molecular flexibility index (Phi) is 8.97. The van der Waals surface area contributed by atoms with Crippen molar-refractivity contribution < 1.29 is 4.79 Å². The Bertz CT molecular complexity index is 497. The number of halogens is 1. The molecule has 1 aliphatic rings. The fourth-order valence-electron chi connectivity index (χ4n) is 3.30. The number of benzene rings is 1. The first-order chi connectivity index (χ1) is 11.7. The molecule has 1 aromatic rings. The lowest BCUT2D eigenvalue weighted by Gasteiger charge is -2.18. The largest absolute Gasteiger partial charge is 0.350 e. The Morgan fingerprint density at radius 1 is 0.875 bits per heavy atom. The van der Waals surface area contributed by atoms with Gasteiger partial charge in [-0.25, -0.2) is 0 Å². The molecule has 1 fully saturated rings. The van der Waals surface area contributed by atoms with Crippen LogP contribution in [0.2, 0.25) is 5.02 Å². The van der Waals surface area contributed by atoms with Gasteiger partial charge in [0, 0.05) is 17.1 Å². The molecule has 132 valence electrons. The number of amides is 1. The molecule has 2 nitrogen and oxygen atoms in total. The maximum atomic E-state index is 12.2. The van der Waals surface area contributed by atoms with Crippen LogP contribution in [-0.2, 0) is 4.79 Å². The van der Waals surface area contributed by atoms with Crippen molar-refractivity contribution in [1.29, 1.82) is 0 Å². The van der Waals surface area contributed by atoms with Crippen molar-refractivity contribution >= 4 is 23.6 Å². The maximum absolute atomic E-state index is 12.2. The third kappa shape index (κ3) is 8.01. The van der Waals surface area contributed by atoms with Gasteiger partial charge in [-0.15, -0.1) is 0 Å². The number of nitrogens with one attached hydrogen (secondary N) is 1. The van der Waals surface area contributed by atoms with Crippen LogP contribution in [0.15, 0.2) is 30.3 Å². The van der Waals surface area contributed by atoms with E-state index < -0.39 is 0 Å². The predicted octanol–water partition coefficient (Wildman–Crippen LogP) is 6.14. The van der Waals surface area contributed by atoms with Crippen molar-refractivity contribution in [3.8, 4) is 0 Å². The van der Waals surface area contributed by atoms with Gasteiger partial charge in [0.2, 0.25) is 5.91 Å². The average Bonchev–Trinajstić information content (AvgIpc) is 2.57. The normalized spacial score (nSPS) is 18.7. The lowest BCUT2D eigenvalue weighted by Crippen LogP contribution is -2.33. The summed E-state index contributed by atoms with van der Waals surface area (Å²) in [6.07, 6.45) is 17.6. The summed E-state index contributed by atoms with van der Waals surface area (Å²) in [7, 11) is 0. The van der Waals surface area contributed by atoms with Gasteiger partial charge in [0.05, 0.1) is 0 Å². The van der Waals surface area contributed by atoms with Gasteiger partial charge in [-0.2, -0.15) is 0 Å². The Labute approximate surface area is 151 Å². The van der Waals surface area contributed by atoms with Crippen molar-refractivity contribution in [3.05, 3.63) is 40.9 Å². The summed E-state index contributed by atoms with van der Waals surface area (Å²) in [6, 6.07) is 7.84. The van der Waals surface area contributed by atoms with E-state index in [0.29, 0.717) is 11.1 Å². The number of hydrogen-bond acceptors (Lipinski definition) is 1. The van der Waals surface area contributed by atoms with E-state index in [4.69, 9.17) is 11.6 Å². The van der Waals surface area contributed by atoms with Crippen molar-refractivity contribution in [1.82, 2.24) is 5.32 Å². The number of hydrogen-bond donors (Lipinski definition) is 1. The molecule has 0 spiro atoms. The Hall–Kier alpha value is -1.28. The highest BCUT2D eigenvalue weighted by Gasteiger charge is 2.11. The molecular weight excluding hydrogens is 318 g/mol. The molecule has 0 bridgehead atoms. The fraction of sp³-hybridized carbons (Fsp3) is 0.571. The van der Waals surface area contributed by atoms with E-state index in [1.807, 2.05) is 30.3 Å². The third-order valence-corrected chi connectivity index (χ3v) is 5.00. The molecule has 1 aromatic carbocycles. The highest BCUT2D eigenvalue weighted by Crippen LogP contribution is 2.17. The fourth-order valence-corrected chi connectivity index (χ4v) is 3.43. The van der Waals surface area contributed by atoms with Gasteiger partial charge in [0.15, 0.2) is 0 Å². The molecule has 0 unspecified atom stereocenters. The van der Waals surface area contributed by atoms with Crippen LogP contribution in [0.3, 0.4) is 0 Å². The van der Waals surface area contributed by atoms with Gasteiger partial charge < -0.3 is 5.32 Å². The van der Waals surface area contributed by atoms with Gasteiger partial charge >= 0.3 is 0 Å². The topological polar surface area (TPSA) is 29.1 Å². The molecule has 1 saturated carbocycles. The van der Waals surface area contributed by atoms with Crippen LogP contribution >= 0.6 is 11.6 Å². The molecule has 0 aromatic heterocycles.